The topological polar surface area (TPSA) is 68.3 Å². The van der Waals surface area contributed by atoms with Crippen molar-refractivity contribution in [2.75, 3.05) is 5.73 Å². The van der Waals surface area contributed by atoms with Crippen LogP contribution in [0, 0.1) is 6.92 Å². The summed E-state index contributed by atoms with van der Waals surface area (Å²) >= 11 is 1.43. The number of nitrogens with one attached hydrogen (secondary N) is 1. The number of benzene rings is 1. The molecule has 0 saturated heterocycles. The van der Waals surface area contributed by atoms with Gasteiger partial charge in [0.25, 0.3) is 5.91 Å². The van der Waals surface area contributed by atoms with Gasteiger partial charge in [-0.3, -0.25) is 4.79 Å². The summed E-state index contributed by atoms with van der Waals surface area (Å²) in [4.78, 5) is 12.8. The molecule has 20 heavy (non-hydrogen) atoms. The Morgan fingerprint density at radius 2 is 2.20 bits per heavy atom. The minimum absolute atomic E-state index is 0.167. The molecule has 2 heterocycles. The lowest BCUT2D eigenvalue weighted by molar-refractivity contribution is 0.0953. The molecule has 0 unspecified atom stereocenters. The first-order chi connectivity index (χ1) is 9.66. The van der Waals surface area contributed by atoms with E-state index in [4.69, 9.17) is 10.2 Å². The lowest BCUT2D eigenvalue weighted by Crippen LogP contribution is -2.22. The molecule has 0 aliphatic rings. The van der Waals surface area contributed by atoms with Crippen molar-refractivity contribution in [2.45, 2.75) is 13.5 Å². The largest absolute Gasteiger partial charge is 0.467 e. The Labute approximate surface area is 120 Å². The highest BCUT2D eigenvalue weighted by atomic mass is 32.1. The number of carbonyl (C=O) groups excluding carboxylic acids is 1. The quantitative estimate of drug-likeness (QED) is 0.776. The predicted molar refractivity (Wildman–Crippen MR) is 80.9 cm³/mol. The van der Waals surface area contributed by atoms with Gasteiger partial charge in [0.15, 0.2) is 0 Å². The number of hydrogen-bond acceptors (Lipinski definition) is 4. The summed E-state index contributed by atoms with van der Waals surface area (Å²) in [6.45, 7) is 2.38. The Bertz CT molecular complexity index is 760. The van der Waals surface area contributed by atoms with Crippen LogP contribution in [0.25, 0.3) is 10.1 Å². The number of fused-ring (bicyclic) bond motifs is 1. The third kappa shape index (κ3) is 2.16. The predicted octanol–water partition coefficient (Wildman–Crippen LogP) is 3.31. The molecule has 1 amide bonds. The average molecular weight is 286 g/mol. The van der Waals surface area contributed by atoms with Crippen molar-refractivity contribution in [1.29, 1.82) is 0 Å². The number of aryl methyl sites for hydroxylation is 1. The fraction of sp³-hybridized carbons (Fsp3) is 0.133. The summed E-state index contributed by atoms with van der Waals surface area (Å²) in [6.07, 6.45) is 1.58. The minimum atomic E-state index is -0.167. The minimum Gasteiger partial charge on any atom is -0.467 e. The van der Waals surface area contributed by atoms with Crippen LogP contribution in [0.3, 0.4) is 0 Å². The summed E-state index contributed by atoms with van der Waals surface area (Å²) in [5, 5.41) is 3.76. The number of hydrogen-bond donors (Lipinski definition) is 2. The third-order valence-corrected chi connectivity index (χ3v) is 4.52. The Balaban J connectivity index is 1.88. The molecule has 3 N–H and O–H groups in total. The second kappa shape index (κ2) is 5.02. The van der Waals surface area contributed by atoms with Crippen LogP contribution in [0.1, 0.15) is 21.0 Å². The molecule has 0 aliphatic heterocycles. The molecule has 2 aromatic heterocycles. The number of furan rings is 1. The van der Waals surface area contributed by atoms with Crippen LogP contribution in [0.2, 0.25) is 0 Å². The Morgan fingerprint density at radius 1 is 1.35 bits per heavy atom. The van der Waals surface area contributed by atoms with Crippen LogP contribution in [-0.2, 0) is 6.54 Å². The van der Waals surface area contributed by atoms with Gasteiger partial charge in [-0.05, 0) is 24.6 Å². The van der Waals surface area contributed by atoms with E-state index in [0.29, 0.717) is 22.9 Å². The second-order valence-corrected chi connectivity index (χ2v) is 5.58. The number of anilines is 1. The number of amides is 1. The molecular formula is C15H14N2O2S. The molecule has 0 saturated carbocycles. The van der Waals surface area contributed by atoms with Gasteiger partial charge in [-0.15, -0.1) is 11.3 Å². The van der Waals surface area contributed by atoms with Crippen molar-refractivity contribution in [3.05, 3.63) is 52.8 Å². The van der Waals surface area contributed by atoms with Gasteiger partial charge in [0, 0.05) is 10.1 Å². The van der Waals surface area contributed by atoms with Crippen molar-refractivity contribution in [3.63, 3.8) is 0 Å². The zero-order valence-corrected chi connectivity index (χ0v) is 11.8. The van der Waals surface area contributed by atoms with Gasteiger partial charge < -0.3 is 15.5 Å². The van der Waals surface area contributed by atoms with E-state index in [2.05, 4.69) is 5.32 Å². The Morgan fingerprint density at radius 3 is 2.90 bits per heavy atom. The van der Waals surface area contributed by atoms with Crippen LogP contribution >= 0.6 is 11.3 Å². The van der Waals surface area contributed by atoms with Gasteiger partial charge in [0.2, 0.25) is 0 Å². The van der Waals surface area contributed by atoms with Crippen molar-refractivity contribution in [1.82, 2.24) is 5.32 Å². The first kappa shape index (κ1) is 12.7. The molecule has 0 fully saturated rings. The van der Waals surface area contributed by atoms with E-state index in [1.807, 2.05) is 31.2 Å². The van der Waals surface area contributed by atoms with Gasteiger partial charge >= 0.3 is 0 Å². The zero-order valence-electron chi connectivity index (χ0n) is 11.0. The monoisotopic (exact) mass is 286 g/mol. The smallest absolute Gasteiger partial charge is 0.263 e. The highest BCUT2D eigenvalue weighted by Gasteiger charge is 2.17. The van der Waals surface area contributed by atoms with Crippen molar-refractivity contribution in [3.8, 4) is 0 Å². The van der Waals surface area contributed by atoms with E-state index in [1.54, 1.807) is 12.3 Å². The molecule has 0 bridgehead atoms. The van der Waals surface area contributed by atoms with Gasteiger partial charge in [0.05, 0.1) is 18.5 Å². The van der Waals surface area contributed by atoms with Crippen molar-refractivity contribution >= 4 is 33.0 Å². The standard InChI is InChI=1S/C15H14N2O2S/c1-9-4-2-6-11-12(16)14(20-13(9)11)15(18)17-8-10-5-3-7-19-10/h2-7H,8,16H2,1H3,(H,17,18). The van der Waals surface area contributed by atoms with Gasteiger partial charge in [-0.25, -0.2) is 0 Å². The van der Waals surface area contributed by atoms with Crippen LogP contribution in [0.15, 0.2) is 41.0 Å². The maximum atomic E-state index is 12.2. The molecule has 3 aromatic rings. The number of thiophene rings is 1. The van der Waals surface area contributed by atoms with E-state index >= 15 is 0 Å². The van der Waals surface area contributed by atoms with E-state index in [1.165, 1.54) is 11.3 Å². The summed E-state index contributed by atoms with van der Waals surface area (Å²) in [6, 6.07) is 9.52. The average Bonchev–Trinajstić information content (AvgIpc) is 3.06. The first-order valence-electron chi connectivity index (χ1n) is 6.25. The van der Waals surface area contributed by atoms with Crippen molar-refractivity contribution in [2.24, 2.45) is 0 Å². The normalized spacial score (nSPS) is 10.8. The first-order valence-corrected chi connectivity index (χ1v) is 7.06. The fourth-order valence-electron chi connectivity index (χ4n) is 2.11. The van der Waals surface area contributed by atoms with E-state index < -0.39 is 0 Å². The number of nitrogen functional groups attached to an aromatic ring is 1. The summed E-state index contributed by atoms with van der Waals surface area (Å²) in [5.74, 6) is 0.550. The molecular weight excluding hydrogens is 272 g/mol. The zero-order chi connectivity index (χ0) is 14.1. The van der Waals surface area contributed by atoms with E-state index in [-0.39, 0.29) is 5.91 Å². The van der Waals surface area contributed by atoms with Gasteiger partial charge in [0.1, 0.15) is 10.6 Å². The highest BCUT2D eigenvalue weighted by Crippen LogP contribution is 2.35. The summed E-state index contributed by atoms with van der Waals surface area (Å²) in [5.41, 5.74) is 7.76. The molecule has 0 radical (unpaired) electrons. The number of carbonyl (C=O) groups is 1. The molecule has 0 spiro atoms. The van der Waals surface area contributed by atoms with Crippen LogP contribution < -0.4 is 11.1 Å². The number of nitrogens with two attached hydrogens (primary N) is 1. The molecule has 0 aliphatic carbocycles. The van der Waals surface area contributed by atoms with Crippen molar-refractivity contribution < 1.29 is 9.21 Å². The number of rotatable bonds is 3. The van der Waals surface area contributed by atoms with Crippen LogP contribution in [-0.4, -0.2) is 5.91 Å². The van der Waals surface area contributed by atoms with E-state index in [0.717, 1.165) is 15.6 Å². The molecule has 5 heteroatoms. The molecule has 0 atom stereocenters. The Kier molecular flexibility index (Phi) is 3.20. The fourth-order valence-corrected chi connectivity index (χ4v) is 3.21. The SMILES string of the molecule is Cc1cccc2c(N)c(C(=O)NCc3ccco3)sc12. The lowest BCUT2D eigenvalue weighted by atomic mass is 10.1. The Hall–Kier alpha value is -2.27. The van der Waals surface area contributed by atoms with Gasteiger partial charge in [-0.2, -0.15) is 0 Å². The van der Waals surface area contributed by atoms with Crippen LogP contribution in [0.4, 0.5) is 5.69 Å². The molecule has 102 valence electrons. The summed E-state index contributed by atoms with van der Waals surface area (Å²) in [7, 11) is 0. The van der Waals surface area contributed by atoms with Gasteiger partial charge in [-0.1, -0.05) is 18.2 Å². The molecule has 3 rings (SSSR count). The molecule has 1 aromatic carbocycles. The molecule has 4 nitrogen and oxygen atoms in total. The maximum absolute atomic E-state index is 12.2. The highest BCUT2D eigenvalue weighted by molar-refractivity contribution is 7.21. The van der Waals surface area contributed by atoms with E-state index in [9.17, 15) is 4.79 Å². The third-order valence-electron chi connectivity index (χ3n) is 3.16. The second-order valence-electron chi connectivity index (χ2n) is 4.56. The lowest BCUT2D eigenvalue weighted by Gasteiger charge is -2.01. The van der Waals surface area contributed by atoms with Crippen LogP contribution in [0.5, 0.6) is 0 Å². The summed E-state index contributed by atoms with van der Waals surface area (Å²) < 4.78 is 6.25. The maximum Gasteiger partial charge on any atom is 0.263 e.